The highest BCUT2D eigenvalue weighted by molar-refractivity contribution is 7.92. The van der Waals surface area contributed by atoms with E-state index in [1.807, 2.05) is 37.3 Å². The molecule has 0 amide bonds. The first-order valence-electron chi connectivity index (χ1n) is 8.54. The van der Waals surface area contributed by atoms with Crippen LogP contribution >= 0.6 is 0 Å². The molecule has 0 radical (unpaired) electrons. The molecule has 3 rings (SSSR count). The number of benzene rings is 3. The van der Waals surface area contributed by atoms with Crippen LogP contribution in [0.15, 0.2) is 77.7 Å². The maximum atomic E-state index is 12.7. The highest BCUT2D eigenvalue weighted by atomic mass is 32.2. The number of hydrogen-bond acceptors (Lipinski definition) is 4. The molecule has 0 heterocycles. The molecule has 0 fully saturated rings. The number of sulfonamides is 1. The summed E-state index contributed by atoms with van der Waals surface area (Å²) in [6, 6.07) is 21.0. The predicted octanol–water partition coefficient (Wildman–Crippen LogP) is 4.85. The lowest BCUT2D eigenvalue weighted by molar-refractivity contribution is 0.409. The predicted molar refractivity (Wildman–Crippen MR) is 106 cm³/mol. The minimum absolute atomic E-state index is 0.199. The first kappa shape index (κ1) is 18.8. The topological polar surface area (TPSA) is 64.6 Å². The minimum atomic E-state index is -3.69. The molecular formula is C21H21NO4S. The van der Waals surface area contributed by atoms with Crippen molar-refractivity contribution in [3.8, 4) is 17.2 Å². The monoisotopic (exact) mass is 383 g/mol. The van der Waals surface area contributed by atoms with Crippen molar-refractivity contribution in [1.29, 1.82) is 0 Å². The molecule has 27 heavy (non-hydrogen) atoms. The highest BCUT2D eigenvalue weighted by Crippen LogP contribution is 2.26. The van der Waals surface area contributed by atoms with E-state index in [0.717, 1.165) is 11.3 Å². The molecule has 0 saturated heterocycles. The van der Waals surface area contributed by atoms with E-state index in [-0.39, 0.29) is 4.90 Å². The van der Waals surface area contributed by atoms with Crippen LogP contribution in [0.4, 0.5) is 5.69 Å². The Balaban J connectivity index is 1.76. The van der Waals surface area contributed by atoms with E-state index >= 15 is 0 Å². The molecule has 5 nitrogen and oxygen atoms in total. The normalized spacial score (nSPS) is 11.0. The van der Waals surface area contributed by atoms with Crippen molar-refractivity contribution in [2.75, 3.05) is 11.8 Å². The van der Waals surface area contributed by atoms with E-state index in [1.165, 1.54) is 6.07 Å². The Hall–Kier alpha value is -2.99. The number of para-hydroxylation sites is 1. The van der Waals surface area contributed by atoms with Crippen molar-refractivity contribution < 1.29 is 17.9 Å². The zero-order chi connectivity index (χ0) is 19.3. The van der Waals surface area contributed by atoms with Gasteiger partial charge in [0.25, 0.3) is 10.0 Å². The molecule has 3 aromatic carbocycles. The van der Waals surface area contributed by atoms with Crippen molar-refractivity contribution >= 4 is 15.7 Å². The fourth-order valence-electron chi connectivity index (χ4n) is 2.63. The van der Waals surface area contributed by atoms with E-state index in [9.17, 15) is 8.42 Å². The van der Waals surface area contributed by atoms with E-state index in [1.54, 1.807) is 43.5 Å². The Morgan fingerprint density at radius 2 is 1.56 bits per heavy atom. The first-order valence-corrected chi connectivity index (χ1v) is 10.0. The highest BCUT2D eigenvalue weighted by Gasteiger charge is 2.16. The van der Waals surface area contributed by atoms with Crippen molar-refractivity contribution in [3.63, 3.8) is 0 Å². The molecule has 0 aliphatic heterocycles. The summed E-state index contributed by atoms with van der Waals surface area (Å²) in [6.45, 7) is 1.95. The van der Waals surface area contributed by atoms with Crippen LogP contribution in [0.2, 0.25) is 0 Å². The average molecular weight is 383 g/mol. The van der Waals surface area contributed by atoms with Gasteiger partial charge in [0.15, 0.2) is 0 Å². The van der Waals surface area contributed by atoms with Gasteiger partial charge in [0, 0.05) is 5.69 Å². The summed E-state index contributed by atoms with van der Waals surface area (Å²) < 4.78 is 38.9. The molecule has 0 aromatic heterocycles. The third kappa shape index (κ3) is 4.60. The van der Waals surface area contributed by atoms with Gasteiger partial charge in [-0.3, -0.25) is 4.72 Å². The van der Waals surface area contributed by atoms with Crippen LogP contribution in [0.25, 0.3) is 0 Å². The standard InChI is InChI=1S/C21H21NO4S/c1-3-16-15-20(13-14-21(16)25-2)27(23,24)22-17-9-11-19(12-10-17)26-18-7-5-4-6-8-18/h4-15,22H,3H2,1-2H3. The van der Waals surface area contributed by atoms with Crippen molar-refractivity contribution in [2.24, 2.45) is 0 Å². The minimum Gasteiger partial charge on any atom is -0.496 e. The Kier molecular flexibility index (Phi) is 5.66. The maximum Gasteiger partial charge on any atom is 0.261 e. The number of hydrogen-bond donors (Lipinski definition) is 1. The number of nitrogens with one attached hydrogen (secondary N) is 1. The van der Waals surface area contributed by atoms with E-state index < -0.39 is 10.0 Å². The van der Waals surface area contributed by atoms with Gasteiger partial charge < -0.3 is 9.47 Å². The van der Waals surface area contributed by atoms with Crippen LogP contribution in [0, 0.1) is 0 Å². The fraction of sp³-hybridized carbons (Fsp3) is 0.143. The quantitative estimate of drug-likeness (QED) is 0.633. The second-order valence-corrected chi connectivity index (χ2v) is 7.55. The molecule has 140 valence electrons. The lowest BCUT2D eigenvalue weighted by atomic mass is 10.1. The van der Waals surface area contributed by atoms with E-state index in [0.29, 0.717) is 23.6 Å². The summed E-state index contributed by atoms with van der Waals surface area (Å²) in [6.07, 6.45) is 0.679. The van der Waals surface area contributed by atoms with Crippen molar-refractivity contribution in [2.45, 2.75) is 18.2 Å². The molecule has 3 aromatic rings. The summed E-state index contributed by atoms with van der Waals surface area (Å²) in [4.78, 5) is 0.199. The molecule has 6 heteroatoms. The Morgan fingerprint density at radius 3 is 2.19 bits per heavy atom. The number of rotatable bonds is 7. The van der Waals surface area contributed by atoms with Crippen LogP contribution < -0.4 is 14.2 Å². The van der Waals surface area contributed by atoms with Crippen LogP contribution in [0.3, 0.4) is 0 Å². The molecular weight excluding hydrogens is 362 g/mol. The second kappa shape index (κ2) is 8.14. The molecule has 0 saturated carbocycles. The van der Waals surface area contributed by atoms with Gasteiger partial charge >= 0.3 is 0 Å². The van der Waals surface area contributed by atoms with Gasteiger partial charge in [0.1, 0.15) is 17.2 Å². The largest absolute Gasteiger partial charge is 0.496 e. The molecule has 1 N–H and O–H groups in total. The van der Waals surface area contributed by atoms with Crippen molar-refractivity contribution in [1.82, 2.24) is 0 Å². The van der Waals surface area contributed by atoms with Gasteiger partial charge in [-0.25, -0.2) is 8.42 Å². The average Bonchev–Trinajstić information content (AvgIpc) is 2.69. The number of anilines is 1. The van der Waals surface area contributed by atoms with Crippen LogP contribution in [-0.4, -0.2) is 15.5 Å². The molecule has 0 atom stereocenters. The molecule has 0 bridgehead atoms. The van der Waals surface area contributed by atoms with E-state index in [4.69, 9.17) is 9.47 Å². The van der Waals surface area contributed by atoms with Crippen LogP contribution in [0.5, 0.6) is 17.2 Å². The van der Waals surface area contributed by atoms with Crippen LogP contribution in [-0.2, 0) is 16.4 Å². The Labute approximate surface area is 159 Å². The van der Waals surface area contributed by atoms with Gasteiger partial charge in [0.05, 0.1) is 12.0 Å². The van der Waals surface area contributed by atoms with Gasteiger partial charge in [0.2, 0.25) is 0 Å². The summed E-state index contributed by atoms with van der Waals surface area (Å²) in [7, 11) is -2.12. The van der Waals surface area contributed by atoms with Gasteiger partial charge in [-0.15, -0.1) is 0 Å². The van der Waals surface area contributed by atoms with Gasteiger partial charge in [-0.1, -0.05) is 25.1 Å². The lowest BCUT2D eigenvalue weighted by Crippen LogP contribution is -2.13. The number of aryl methyl sites for hydroxylation is 1. The Morgan fingerprint density at radius 1 is 0.889 bits per heavy atom. The zero-order valence-corrected chi connectivity index (χ0v) is 16.0. The molecule has 0 aliphatic carbocycles. The smallest absolute Gasteiger partial charge is 0.261 e. The third-order valence-electron chi connectivity index (χ3n) is 4.03. The van der Waals surface area contributed by atoms with Gasteiger partial charge in [-0.05, 0) is 66.6 Å². The summed E-state index contributed by atoms with van der Waals surface area (Å²) in [5, 5.41) is 0. The maximum absolute atomic E-state index is 12.7. The van der Waals surface area contributed by atoms with Gasteiger partial charge in [-0.2, -0.15) is 0 Å². The summed E-state index contributed by atoms with van der Waals surface area (Å²) >= 11 is 0. The fourth-order valence-corrected chi connectivity index (χ4v) is 3.74. The summed E-state index contributed by atoms with van der Waals surface area (Å²) in [5.41, 5.74) is 1.30. The zero-order valence-electron chi connectivity index (χ0n) is 15.2. The third-order valence-corrected chi connectivity index (χ3v) is 5.41. The van der Waals surface area contributed by atoms with Crippen molar-refractivity contribution in [3.05, 3.63) is 78.4 Å². The number of methoxy groups -OCH3 is 1. The SMILES string of the molecule is CCc1cc(S(=O)(=O)Nc2ccc(Oc3ccccc3)cc2)ccc1OC. The Bertz CT molecular complexity index is 1000. The first-order chi connectivity index (χ1) is 13.0. The molecule has 0 spiro atoms. The molecule has 0 aliphatic rings. The lowest BCUT2D eigenvalue weighted by Gasteiger charge is -2.12. The second-order valence-electron chi connectivity index (χ2n) is 5.87. The number of ether oxygens (including phenoxy) is 2. The van der Waals surface area contributed by atoms with Crippen LogP contribution in [0.1, 0.15) is 12.5 Å². The molecule has 0 unspecified atom stereocenters. The van der Waals surface area contributed by atoms with E-state index in [2.05, 4.69) is 4.72 Å². The summed E-state index contributed by atoms with van der Waals surface area (Å²) in [5.74, 6) is 2.02.